The predicted molar refractivity (Wildman–Crippen MR) is 157 cm³/mol. The molecule has 0 amide bonds. The summed E-state index contributed by atoms with van der Waals surface area (Å²) < 4.78 is 0. The second-order valence-electron chi connectivity index (χ2n) is 9.30. The second-order valence-corrected chi connectivity index (χ2v) is 9.30. The van der Waals surface area contributed by atoms with Gasteiger partial charge < -0.3 is 0 Å². The van der Waals surface area contributed by atoms with Crippen LogP contribution in [0.2, 0.25) is 0 Å². The molecule has 0 saturated heterocycles. The molecule has 7 aromatic rings. The number of rotatable bonds is 4. The minimum atomic E-state index is 0.690. The van der Waals surface area contributed by atoms with Gasteiger partial charge in [0.05, 0.1) is 16.9 Å². The van der Waals surface area contributed by atoms with Gasteiger partial charge in [0.2, 0.25) is 0 Å². The van der Waals surface area contributed by atoms with Gasteiger partial charge in [-0.3, -0.25) is 0 Å². The fourth-order valence-corrected chi connectivity index (χ4v) is 4.93. The van der Waals surface area contributed by atoms with Gasteiger partial charge >= 0.3 is 0 Å². The van der Waals surface area contributed by atoms with Gasteiger partial charge in [0.1, 0.15) is 5.52 Å². The molecular weight excluding hydrogens is 462 g/mol. The first kappa shape index (κ1) is 22.1. The Morgan fingerprint density at radius 2 is 0.895 bits per heavy atom. The molecule has 0 radical (unpaired) electrons. The molecule has 0 aliphatic heterocycles. The van der Waals surface area contributed by atoms with Crippen molar-refractivity contribution in [2.75, 3.05) is 0 Å². The minimum absolute atomic E-state index is 0.690. The Hall–Kier alpha value is -5.15. The molecule has 3 nitrogen and oxygen atoms in total. The quantitative estimate of drug-likeness (QED) is 0.234. The largest absolute Gasteiger partial charge is 0.245 e. The minimum Gasteiger partial charge on any atom is -0.245 e. The Morgan fingerprint density at radius 1 is 0.342 bits per heavy atom. The van der Waals surface area contributed by atoms with Crippen molar-refractivity contribution in [3.05, 3.63) is 140 Å². The number of pyridine rings is 1. The molecule has 0 aliphatic carbocycles. The summed E-state index contributed by atoms with van der Waals surface area (Å²) in [6.45, 7) is 0. The van der Waals surface area contributed by atoms with Crippen molar-refractivity contribution in [3.63, 3.8) is 0 Å². The van der Waals surface area contributed by atoms with E-state index in [0.717, 1.165) is 55.4 Å². The molecule has 7 rings (SSSR count). The van der Waals surface area contributed by atoms with Crippen LogP contribution in [0.1, 0.15) is 0 Å². The van der Waals surface area contributed by atoms with Crippen LogP contribution in [0.25, 0.3) is 66.8 Å². The van der Waals surface area contributed by atoms with E-state index in [2.05, 4.69) is 97.1 Å². The van der Waals surface area contributed by atoms with Gasteiger partial charge in [0.25, 0.3) is 0 Å². The van der Waals surface area contributed by atoms with Crippen LogP contribution in [-0.4, -0.2) is 15.0 Å². The molecule has 3 heteroatoms. The first-order valence-corrected chi connectivity index (χ1v) is 12.7. The van der Waals surface area contributed by atoms with Crippen LogP contribution >= 0.6 is 0 Å². The lowest BCUT2D eigenvalue weighted by Crippen LogP contribution is -1.97. The smallest absolute Gasteiger partial charge is 0.160 e. The third-order valence-electron chi connectivity index (χ3n) is 6.89. The van der Waals surface area contributed by atoms with Crippen LogP contribution in [0.15, 0.2) is 140 Å². The van der Waals surface area contributed by atoms with Gasteiger partial charge in [0, 0.05) is 27.5 Å². The highest BCUT2D eigenvalue weighted by molar-refractivity contribution is 6.08. The summed E-state index contributed by atoms with van der Waals surface area (Å²) in [4.78, 5) is 15.3. The van der Waals surface area contributed by atoms with Crippen LogP contribution in [-0.2, 0) is 0 Å². The van der Waals surface area contributed by atoms with Crippen molar-refractivity contribution in [3.8, 4) is 45.0 Å². The van der Waals surface area contributed by atoms with Gasteiger partial charge in [-0.15, -0.1) is 0 Å². The molecule has 0 aliphatic rings. The van der Waals surface area contributed by atoms with Crippen LogP contribution in [0.3, 0.4) is 0 Å². The van der Waals surface area contributed by atoms with Crippen LogP contribution in [0.5, 0.6) is 0 Å². The van der Waals surface area contributed by atoms with E-state index in [9.17, 15) is 0 Å². The molecule has 0 unspecified atom stereocenters. The van der Waals surface area contributed by atoms with Crippen molar-refractivity contribution in [1.29, 1.82) is 0 Å². The van der Waals surface area contributed by atoms with Crippen molar-refractivity contribution >= 4 is 21.8 Å². The molecule has 0 N–H and O–H groups in total. The SMILES string of the molecule is c1ccc(-c2ccc(-c3nc(-c4ccccc4)c4ccc5ccc(-c6ccccc6)nc5c4n3)cc2)cc1. The predicted octanol–water partition coefficient (Wildman–Crippen LogP) is 8.85. The van der Waals surface area contributed by atoms with Gasteiger partial charge in [-0.2, -0.15) is 0 Å². The highest BCUT2D eigenvalue weighted by atomic mass is 14.9. The zero-order valence-corrected chi connectivity index (χ0v) is 20.6. The van der Waals surface area contributed by atoms with Crippen molar-refractivity contribution in [2.24, 2.45) is 0 Å². The first-order chi connectivity index (χ1) is 18.8. The van der Waals surface area contributed by atoms with E-state index in [1.54, 1.807) is 0 Å². The summed E-state index contributed by atoms with van der Waals surface area (Å²) in [5.74, 6) is 0.690. The average Bonchev–Trinajstić information content (AvgIpc) is 3.01. The van der Waals surface area contributed by atoms with Crippen molar-refractivity contribution in [2.45, 2.75) is 0 Å². The number of nitrogens with zero attached hydrogens (tertiary/aromatic N) is 3. The van der Waals surface area contributed by atoms with E-state index in [4.69, 9.17) is 15.0 Å². The molecule has 2 aromatic heterocycles. The topological polar surface area (TPSA) is 38.7 Å². The molecule has 0 fully saturated rings. The third-order valence-corrected chi connectivity index (χ3v) is 6.89. The zero-order valence-electron chi connectivity index (χ0n) is 20.6. The monoisotopic (exact) mass is 485 g/mol. The molecule has 38 heavy (non-hydrogen) atoms. The maximum absolute atomic E-state index is 5.12. The highest BCUT2D eigenvalue weighted by Crippen LogP contribution is 2.34. The van der Waals surface area contributed by atoms with Crippen LogP contribution < -0.4 is 0 Å². The average molecular weight is 486 g/mol. The number of hydrogen-bond acceptors (Lipinski definition) is 3. The zero-order chi connectivity index (χ0) is 25.3. The normalized spacial score (nSPS) is 11.2. The fourth-order valence-electron chi connectivity index (χ4n) is 4.93. The highest BCUT2D eigenvalue weighted by Gasteiger charge is 2.15. The Labute approximate surface area is 221 Å². The Bertz CT molecular complexity index is 1880. The lowest BCUT2D eigenvalue weighted by molar-refractivity contribution is 1.23. The molecule has 5 aromatic carbocycles. The molecule has 0 bridgehead atoms. The number of fused-ring (bicyclic) bond motifs is 3. The van der Waals surface area contributed by atoms with Crippen molar-refractivity contribution < 1.29 is 0 Å². The number of hydrogen-bond donors (Lipinski definition) is 0. The standard InChI is InChI=1S/C35H23N3/c1-4-10-24(11-5-1)25-16-18-29(19-17-25)35-37-32(27-14-8-3-9-15-27)30-22-20-28-21-23-31(26-12-6-2-7-13-26)36-33(28)34(30)38-35/h1-23H. The molecular formula is C35H23N3. The Balaban J connectivity index is 1.46. The summed E-state index contributed by atoms with van der Waals surface area (Å²) >= 11 is 0. The van der Waals surface area contributed by atoms with Crippen molar-refractivity contribution in [1.82, 2.24) is 15.0 Å². The maximum atomic E-state index is 5.12. The summed E-state index contributed by atoms with van der Waals surface area (Å²) in [6.07, 6.45) is 0. The van der Waals surface area contributed by atoms with E-state index in [-0.39, 0.29) is 0 Å². The molecule has 0 spiro atoms. The van der Waals surface area contributed by atoms with E-state index < -0.39 is 0 Å². The lowest BCUT2D eigenvalue weighted by Gasteiger charge is -2.12. The fraction of sp³-hybridized carbons (Fsp3) is 0. The maximum Gasteiger partial charge on any atom is 0.160 e. The third kappa shape index (κ3) is 4.00. The van der Waals surface area contributed by atoms with Crippen LogP contribution in [0, 0.1) is 0 Å². The van der Waals surface area contributed by atoms with E-state index in [1.807, 2.05) is 42.5 Å². The van der Waals surface area contributed by atoms with E-state index in [0.29, 0.717) is 5.82 Å². The van der Waals surface area contributed by atoms with Gasteiger partial charge in [-0.25, -0.2) is 15.0 Å². The second kappa shape index (κ2) is 9.38. The summed E-state index contributed by atoms with van der Waals surface area (Å²) in [5.41, 5.74) is 9.04. The van der Waals surface area contributed by atoms with E-state index in [1.165, 1.54) is 5.56 Å². The molecule has 178 valence electrons. The Kier molecular flexibility index (Phi) is 5.45. The summed E-state index contributed by atoms with van der Waals surface area (Å²) in [6, 6.07) is 47.9. The molecule has 0 saturated carbocycles. The van der Waals surface area contributed by atoms with Gasteiger partial charge in [-0.1, -0.05) is 127 Å². The van der Waals surface area contributed by atoms with Gasteiger partial charge in [-0.05, 0) is 23.3 Å². The van der Waals surface area contributed by atoms with Crippen LogP contribution in [0.4, 0.5) is 0 Å². The lowest BCUT2D eigenvalue weighted by atomic mass is 10.0. The summed E-state index contributed by atoms with van der Waals surface area (Å²) in [5, 5.41) is 2.05. The summed E-state index contributed by atoms with van der Waals surface area (Å²) in [7, 11) is 0. The van der Waals surface area contributed by atoms with E-state index >= 15 is 0 Å². The van der Waals surface area contributed by atoms with Gasteiger partial charge in [0.15, 0.2) is 5.82 Å². The number of aromatic nitrogens is 3. The number of benzene rings is 5. The first-order valence-electron chi connectivity index (χ1n) is 12.7. The molecule has 0 atom stereocenters. The Morgan fingerprint density at radius 3 is 1.58 bits per heavy atom. The molecule has 2 heterocycles.